The maximum atomic E-state index is 14.2. The molecule has 0 bridgehead atoms. The minimum Gasteiger partial charge on any atom is -0.509 e. The van der Waals surface area contributed by atoms with E-state index in [4.69, 9.17) is 4.74 Å². The molecule has 9 nitrogen and oxygen atoms in total. The van der Waals surface area contributed by atoms with Gasteiger partial charge in [0.2, 0.25) is 0 Å². The van der Waals surface area contributed by atoms with E-state index in [2.05, 4.69) is 146 Å². The number of pyridine rings is 2. The van der Waals surface area contributed by atoms with E-state index in [9.17, 15) is 26.3 Å². The molecule has 7 aromatic carbocycles. The summed E-state index contributed by atoms with van der Waals surface area (Å²) in [7, 11) is 1.88. The van der Waals surface area contributed by atoms with Gasteiger partial charge in [-0.25, -0.2) is 6.07 Å². The Labute approximate surface area is 502 Å². The van der Waals surface area contributed by atoms with Crippen LogP contribution in [0.25, 0.3) is 22.5 Å². The summed E-state index contributed by atoms with van der Waals surface area (Å²) >= 11 is 0. The van der Waals surface area contributed by atoms with Crippen LogP contribution in [0.4, 0.5) is 77.5 Å². The van der Waals surface area contributed by atoms with E-state index in [1.165, 1.54) is 22.7 Å². The molecule has 3 aliphatic heterocycles. The molecule has 0 atom stereocenters. The van der Waals surface area contributed by atoms with Crippen molar-refractivity contribution in [2.45, 2.75) is 46.0 Å². The van der Waals surface area contributed by atoms with Crippen LogP contribution in [0.5, 0.6) is 11.5 Å². The summed E-state index contributed by atoms with van der Waals surface area (Å²) < 4.78 is 87.6. The first kappa shape index (κ1) is 59.0. The second-order valence-electron chi connectivity index (χ2n) is 19.4. The average molecular weight is 1460 g/mol. The summed E-state index contributed by atoms with van der Waals surface area (Å²) in [5.74, 6) is -0.789. The average Bonchev–Trinajstić information content (AvgIpc) is 3.85. The fraction of sp³-hybridized carbons (Fsp3) is 0.154. The van der Waals surface area contributed by atoms with Gasteiger partial charge in [-0.2, -0.15) is 119 Å². The van der Waals surface area contributed by atoms with Gasteiger partial charge in [0.1, 0.15) is 0 Å². The number of halogens is 6. The third kappa shape index (κ3) is 12.5. The van der Waals surface area contributed by atoms with Crippen molar-refractivity contribution in [3.8, 4) is 34.0 Å². The Bertz CT molecular complexity index is 3550. The molecule has 3 aliphatic rings. The molecule has 12 rings (SSSR count). The molecular formula is C65H50F6IrN8OPt-8. The number of para-hydroxylation sites is 8. The maximum Gasteiger partial charge on any atom is 0.375 e. The van der Waals surface area contributed by atoms with Gasteiger partial charge in [0.15, 0.2) is 0 Å². The summed E-state index contributed by atoms with van der Waals surface area (Å²) in [5.41, 5.74) is 11.0. The van der Waals surface area contributed by atoms with Crippen LogP contribution in [0, 0.1) is 71.1 Å². The van der Waals surface area contributed by atoms with Crippen LogP contribution in [0.3, 0.4) is 0 Å². The maximum absolute atomic E-state index is 14.2. The molecule has 0 N–H and O–H groups in total. The number of alkyl halides is 6. The topological polar surface area (TPSA) is 54.5 Å². The van der Waals surface area contributed by atoms with Gasteiger partial charge in [-0.1, -0.05) is 54.1 Å². The normalized spacial score (nSPS) is 13.4. The first-order valence-corrected chi connectivity index (χ1v) is 25.7. The second-order valence-corrected chi connectivity index (χ2v) is 19.4. The van der Waals surface area contributed by atoms with Gasteiger partial charge in [0, 0.05) is 92.4 Å². The SMILES string of the molecule is Cc1cc(C)c(-c2cc(Oc3[c-]c(-c4[c-]cc(C(F)(F)F)cn4)ncc3C(F)(F)F)[c-]c(N3[CH-]N(C)c4ccccc43)c2)c(C)c1.[Ir].[Pt].[c-]1ccccc1N1[CH-]N(CCCCN2[CH-]N(c3[c-]cccc3)c3ccccc32)c2ccccc21. The predicted molar refractivity (Wildman–Crippen MR) is 302 cm³/mol. The molecule has 17 heteroatoms. The van der Waals surface area contributed by atoms with Crippen molar-refractivity contribution in [2.75, 3.05) is 49.5 Å². The van der Waals surface area contributed by atoms with E-state index in [0.29, 0.717) is 29.7 Å². The third-order valence-electron chi connectivity index (χ3n) is 13.8. The van der Waals surface area contributed by atoms with Crippen LogP contribution in [0.15, 0.2) is 164 Å². The molecule has 425 valence electrons. The summed E-state index contributed by atoms with van der Waals surface area (Å²) in [6.45, 7) is 14.1. The Morgan fingerprint density at radius 3 is 1.54 bits per heavy atom. The van der Waals surface area contributed by atoms with E-state index >= 15 is 0 Å². The van der Waals surface area contributed by atoms with Gasteiger partial charge in [-0.3, -0.25) is 0 Å². The molecule has 2 aromatic heterocycles. The van der Waals surface area contributed by atoms with Gasteiger partial charge in [0.05, 0.1) is 0 Å². The van der Waals surface area contributed by atoms with Crippen molar-refractivity contribution in [1.29, 1.82) is 0 Å². The predicted octanol–water partition coefficient (Wildman–Crippen LogP) is 16.6. The summed E-state index contributed by atoms with van der Waals surface area (Å²) in [6.07, 6.45) is -6.27. The van der Waals surface area contributed by atoms with E-state index < -0.39 is 29.2 Å². The van der Waals surface area contributed by atoms with Gasteiger partial charge in [-0.15, -0.1) is 52.2 Å². The minimum absolute atomic E-state index is 0. The Balaban J connectivity index is 0.000000201. The Hall–Kier alpha value is -7.64. The van der Waals surface area contributed by atoms with Crippen LogP contribution < -0.4 is 34.1 Å². The molecule has 0 saturated heterocycles. The number of anilines is 9. The van der Waals surface area contributed by atoms with Crippen LogP contribution >= 0.6 is 0 Å². The van der Waals surface area contributed by atoms with Crippen LogP contribution in [-0.4, -0.2) is 30.1 Å². The molecule has 9 aromatic rings. The Kier molecular flexibility index (Phi) is 17.9. The molecule has 1 radical (unpaired) electrons. The van der Waals surface area contributed by atoms with Crippen LogP contribution in [0.2, 0.25) is 0 Å². The molecule has 0 saturated carbocycles. The van der Waals surface area contributed by atoms with Gasteiger partial charge < -0.3 is 44.1 Å². The number of rotatable bonds is 12. The molecule has 0 spiro atoms. The molecule has 0 amide bonds. The molecular weight excluding hydrogens is 1410 g/mol. The van der Waals surface area contributed by atoms with Crippen LogP contribution in [0.1, 0.15) is 40.7 Å². The second kappa shape index (κ2) is 24.8. The monoisotopic (exact) mass is 1460 g/mol. The third-order valence-corrected chi connectivity index (χ3v) is 13.8. The summed E-state index contributed by atoms with van der Waals surface area (Å²) in [5, 5.41) is 0. The number of aromatic nitrogens is 2. The number of benzene rings is 7. The van der Waals surface area contributed by atoms with Crippen molar-refractivity contribution < 1.29 is 72.2 Å². The van der Waals surface area contributed by atoms with E-state index in [1.807, 2.05) is 111 Å². The molecule has 0 aliphatic carbocycles. The van der Waals surface area contributed by atoms with Crippen molar-refractivity contribution in [2.24, 2.45) is 0 Å². The van der Waals surface area contributed by atoms with Gasteiger partial charge in [0.25, 0.3) is 0 Å². The Morgan fingerprint density at radius 2 is 1.04 bits per heavy atom. The number of nitrogens with zero attached hydrogens (tertiary/aromatic N) is 8. The fourth-order valence-corrected chi connectivity index (χ4v) is 10.2. The van der Waals surface area contributed by atoms with Gasteiger partial charge in [-0.05, 0) is 125 Å². The summed E-state index contributed by atoms with van der Waals surface area (Å²) in [4.78, 5) is 20.4. The molecule has 0 fully saturated rings. The van der Waals surface area contributed by atoms with Crippen molar-refractivity contribution in [1.82, 2.24) is 9.97 Å². The van der Waals surface area contributed by atoms with Crippen molar-refractivity contribution >= 4 is 51.2 Å². The number of ether oxygens (including phenoxy) is 1. The smallest absolute Gasteiger partial charge is 0.375 e. The van der Waals surface area contributed by atoms with Crippen LogP contribution in [-0.2, 0) is 53.5 Å². The summed E-state index contributed by atoms with van der Waals surface area (Å²) in [6, 6.07) is 63.9. The van der Waals surface area contributed by atoms with Crippen molar-refractivity contribution in [3.05, 3.63) is 242 Å². The molecule has 82 heavy (non-hydrogen) atoms. The van der Waals surface area contributed by atoms with Gasteiger partial charge >= 0.3 is 12.4 Å². The van der Waals surface area contributed by atoms with E-state index in [0.717, 1.165) is 70.9 Å². The number of aryl methyl sites for hydroxylation is 3. The number of unbranched alkanes of at least 4 members (excludes halogenated alkanes) is 1. The Morgan fingerprint density at radius 1 is 0.537 bits per heavy atom. The molecule has 5 heterocycles. The fourth-order valence-electron chi connectivity index (χ4n) is 10.2. The van der Waals surface area contributed by atoms with Crippen molar-refractivity contribution in [3.63, 3.8) is 0 Å². The largest absolute Gasteiger partial charge is 0.509 e. The minimum atomic E-state index is -4.89. The van der Waals surface area contributed by atoms with E-state index in [-0.39, 0.29) is 58.3 Å². The standard InChI is InChI=1S/C35H24F6N4O.C30H26N4.Ir.Pt/c1-20-11-21(2)33(22(3)12-20)23-13-25(45-19-44(4)30-7-5-6-8-31(30)45)15-26(14-23)46-32-16-29(43-18-27(32)35(39,40)41)28-10-9-24(17-42-28)34(36,37)38;1-3-13-25(14-4-1)33-23-31(27-17-7-9-19-29(27)33)21-11-12-22-32-24-34(26-15-5-2-6-16-26)30-20-10-8-18-28(30)32;;/h5-9,11-14,17-19H,1-4H3;1-10,13,15,17-20,23-24H,11-12,21-22H2;;/q2*-4;;. The zero-order valence-corrected chi connectivity index (χ0v) is 49.2. The zero-order chi connectivity index (χ0) is 55.7. The first-order chi connectivity index (χ1) is 38.6. The number of hydrogen-bond acceptors (Lipinski definition) is 9. The quantitative estimate of drug-likeness (QED) is 0.0676. The molecule has 0 unspecified atom stereocenters. The zero-order valence-electron chi connectivity index (χ0n) is 44.6. The first-order valence-electron chi connectivity index (χ1n) is 25.7. The number of hydrogen-bond donors (Lipinski definition) is 0. The van der Waals surface area contributed by atoms with E-state index in [1.54, 1.807) is 6.07 Å². The number of fused-ring (bicyclic) bond motifs is 3.